The molecule has 1 atom stereocenters. The molecule has 0 unspecified atom stereocenters. The van der Waals surface area contributed by atoms with Crippen LogP contribution in [0.25, 0.3) is 22.3 Å². The molecule has 0 radical (unpaired) electrons. The molecule has 3 aromatic heterocycles. The molecule has 4 aromatic rings. The Bertz CT molecular complexity index is 1200. The second-order valence-corrected chi connectivity index (χ2v) is 7.05. The number of nitrogens with one attached hydrogen (secondary N) is 3. The molecule has 6 N–H and O–H groups in total. The molecule has 1 amide bonds. The topological polar surface area (TPSA) is 151 Å². The summed E-state index contributed by atoms with van der Waals surface area (Å²) >= 11 is 0. The predicted molar refractivity (Wildman–Crippen MR) is 121 cm³/mol. The van der Waals surface area contributed by atoms with Crippen LogP contribution in [0.1, 0.15) is 5.56 Å². The van der Waals surface area contributed by atoms with Crippen LogP contribution < -0.4 is 16.4 Å². The maximum Gasteiger partial charge on any atom is 0.407 e. The van der Waals surface area contributed by atoms with Crippen LogP contribution in [-0.2, 0) is 11.3 Å². The average molecular weight is 433 g/mol. The number of alkyl carbamates (subject to hydrolysis) is 1. The zero-order chi connectivity index (χ0) is 22.3. The van der Waals surface area contributed by atoms with E-state index < -0.39 is 12.1 Å². The number of benzene rings is 1. The summed E-state index contributed by atoms with van der Waals surface area (Å²) in [5.41, 5.74) is 9.42. The Balaban J connectivity index is 1.44. The third-order valence-corrected chi connectivity index (χ3v) is 4.81. The van der Waals surface area contributed by atoms with Crippen molar-refractivity contribution in [1.29, 1.82) is 0 Å². The minimum atomic E-state index is -0.562. The largest absolute Gasteiger partial charge is 0.445 e. The Hall–Kier alpha value is -4.18. The monoisotopic (exact) mass is 433 g/mol. The first-order valence-electron chi connectivity index (χ1n) is 10.0. The highest BCUT2D eigenvalue weighted by Crippen LogP contribution is 2.32. The van der Waals surface area contributed by atoms with Crippen LogP contribution in [-0.4, -0.2) is 50.3 Å². The highest BCUT2D eigenvalue weighted by atomic mass is 16.5. The lowest BCUT2D eigenvalue weighted by molar-refractivity contribution is 0.138. The van der Waals surface area contributed by atoms with E-state index in [4.69, 9.17) is 10.5 Å². The Kier molecular flexibility index (Phi) is 6.42. The van der Waals surface area contributed by atoms with E-state index in [0.29, 0.717) is 11.3 Å². The first-order valence-corrected chi connectivity index (χ1v) is 10.0. The quantitative estimate of drug-likeness (QED) is 0.284. The van der Waals surface area contributed by atoms with Crippen molar-refractivity contribution in [2.75, 3.05) is 24.2 Å². The summed E-state index contributed by atoms with van der Waals surface area (Å²) < 4.78 is 5.22. The van der Waals surface area contributed by atoms with Gasteiger partial charge in [0, 0.05) is 36.4 Å². The summed E-state index contributed by atoms with van der Waals surface area (Å²) in [5.74, 6) is 0.168. The lowest BCUT2D eigenvalue weighted by Crippen LogP contribution is -2.39. The molecule has 0 fully saturated rings. The number of aliphatic hydroxyl groups is 1. The van der Waals surface area contributed by atoms with Gasteiger partial charge in [0.25, 0.3) is 0 Å². The summed E-state index contributed by atoms with van der Waals surface area (Å²) in [4.78, 5) is 27.7. The van der Waals surface area contributed by atoms with Gasteiger partial charge in [-0.05, 0) is 17.7 Å². The number of nitrogen functional groups attached to an aromatic ring is 1. The van der Waals surface area contributed by atoms with Crippen LogP contribution in [0.2, 0.25) is 0 Å². The van der Waals surface area contributed by atoms with Crippen molar-refractivity contribution in [3.8, 4) is 11.3 Å². The molecular weight excluding hydrogens is 410 g/mol. The zero-order valence-corrected chi connectivity index (χ0v) is 17.2. The van der Waals surface area contributed by atoms with Gasteiger partial charge in [-0.3, -0.25) is 0 Å². The molecule has 10 nitrogen and oxygen atoms in total. The van der Waals surface area contributed by atoms with Gasteiger partial charge in [-0.2, -0.15) is 0 Å². The number of anilines is 2. The molecule has 4 rings (SSSR count). The lowest BCUT2D eigenvalue weighted by atomic mass is 10.1. The molecule has 0 saturated heterocycles. The van der Waals surface area contributed by atoms with Crippen LogP contribution in [0.3, 0.4) is 0 Å². The van der Waals surface area contributed by atoms with Crippen LogP contribution >= 0.6 is 0 Å². The number of pyridine rings is 1. The third kappa shape index (κ3) is 4.93. The van der Waals surface area contributed by atoms with Crippen molar-refractivity contribution >= 4 is 28.8 Å². The zero-order valence-electron chi connectivity index (χ0n) is 17.2. The molecule has 0 aliphatic heterocycles. The van der Waals surface area contributed by atoms with Crippen molar-refractivity contribution in [1.82, 2.24) is 25.3 Å². The number of aromatic nitrogens is 4. The second-order valence-electron chi connectivity index (χ2n) is 7.05. The Labute approximate surface area is 183 Å². The van der Waals surface area contributed by atoms with Gasteiger partial charge < -0.3 is 31.2 Å². The molecule has 1 aromatic carbocycles. The molecule has 0 aliphatic carbocycles. The van der Waals surface area contributed by atoms with E-state index in [9.17, 15) is 9.90 Å². The standard InChI is InChI=1S/C22H23N7O3/c23-21-25-9-6-17(29-21)16-11-26-20-19(16)18(7-8-24-20)28-15(12-30)10-27-22(31)32-13-14-4-2-1-3-5-14/h1-9,11,15,30H,10,12-13H2,(H,27,31)(H2,23,25,29)(H2,24,26,28)/t15-/m1/s1. The Morgan fingerprint density at radius 1 is 1.16 bits per heavy atom. The summed E-state index contributed by atoms with van der Waals surface area (Å²) in [7, 11) is 0. The van der Waals surface area contributed by atoms with Gasteiger partial charge in [0.15, 0.2) is 0 Å². The third-order valence-electron chi connectivity index (χ3n) is 4.81. The highest BCUT2D eigenvalue weighted by Gasteiger charge is 2.16. The molecule has 3 heterocycles. The number of nitrogens with zero attached hydrogens (tertiary/aromatic N) is 3. The van der Waals surface area contributed by atoms with Gasteiger partial charge in [0.05, 0.1) is 23.7 Å². The molecular formula is C22H23N7O3. The van der Waals surface area contributed by atoms with E-state index in [1.54, 1.807) is 30.7 Å². The van der Waals surface area contributed by atoms with Gasteiger partial charge >= 0.3 is 6.09 Å². The number of ether oxygens (including phenoxy) is 1. The highest BCUT2D eigenvalue weighted by molar-refractivity contribution is 6.01. The molecule has 0 spiro atoms. The van der Waals surface area contributed by atoms with E-state index in [1.165, 1.54) is 0 Å². The number of amides is 1. The smallest absolute Gasteiger partial charge is 0.407 e. The predicted octanol–water partition coefficient (Wildman–Crippen LogP) is 2.30. The Morgan fingerprint density at radius 3 is 2.75 bits per heavy atom. The number of H-pyrrole nitrogens is 1. The number of nitrogens with two attached hydrogens (primary N) is 1. The molecule has 0 aliphatic rings. The number of carbonyl (C=O) groups excluding carboxylic acids is 1. The van der Waals surface area contributed by atoms with Crippen LogP contribution in [0.5, 0.6) is 0 Å². The van der Waals surface area contributed by atoms with E-state index in [-0.39, 0.29) is 25.7 Å². The number of fused-ring (bicyclic) bond motifs is 1. The number of rotatable bonds is 8. The molecule has 164 valence electrons. The minimum Gasteiger partial charge on any atom is -0.445 e. The normalized spacial score (nSPS) is 11.8. The fourth-order valence-electron chi connectivity index (χ4n) is 3.26. The molecule has 0 bridgehead atoms. The number of hydrogen-bond donors (Lipinski definition) is 5. The van der Waals surface area contributed by atoms with E-state index in [1.807, 2.05) is 30.3 Å². The first-order chi connectivity index (χ1) is 15.6. The van der Waals surface area contributed by atoms with Gasteiger partial charge in [-0.15, -0.1) is 0 Å². The fraction of sp³-hybridized carbons (Fsp3) is 0.182. The maximum absolute atomic E-state index is 12.0. The summed E-state index contributed by atoms with van der Waals surface area (Å²) in [6, 6.07) is 12.5. The number of aliphatic hydroxyl groups excluding tert-OH is 1. The van der Waals surface area contributed by atoms with Crippen LogP contribution in [0, 0.1) is 0 Å². The van der Waals surface area contributed by atoms with Crippen molar-refractivity contribution in [3.63, 3.8) is 0 Å². The summed E-state index contributed by atoms with van der Waals surface area (Å²) in [6.45, 7) is 0.126. The summed E-state index contributed by atoms with van der Waals surface area (Å²) in [5, 5.41) is 16.6. The number of hydrogen-bond acceptors (Lipinski definition) is 8. The molecule has 0 saturated carbocycles. The van der Waals surface area contributed by atoms with Crippen molar-refractivity contribution in [2.24, 2.45) is 0 Å². The summed E-state index contributed by atoms with van der Waals surface area (Å²) in [6.07, 6.45) is 4.46. The molecule has 32 heavy (non-hydrogen) atoms. The number of aromatic amines is 1. The van der Waals surface area contributed by atoms with E-state index in [0.717, 1.165) is 22.2 Å². The molecule has 10 heteroatoms. The average Bonchev–Trinajstić information content (AvgIpc) is 3.26. The number of carbonyl (C=O) groups is 1. The lowest BCUT2D eigenvalue weighted by Gasteiger charge is -2.19. The van der Waals surface area contributed by atoms with Gasteiger partial charge in [-0.1, -0.05) is 30.3 Å². The SMILES string of the molecule is Nc1nccc(-c2c[nH]c3nccc(N[C@@H](CO)CNC(=O)OCc4ccccc4)c23)n1. The fourth-order valence-corrected chi connectivity index (χ4v) is 3.26. The van der Waals surface area contributed by atoms with Gasteiger partial charge in [0.1, 0.15) is 12.3 Å². The van der Waals surface area contributed by atoms with E-state index in [2.05, 4.69) is 30.6 Å². The first kappa shape index (κ1) is 21.1. The van der Waals surface area contributed by atoms with Crippen molar-refractivity contribution < 1.29 is 14.6 Å². The minimum absolute atomic E-state index is 0.161. The van der Waals surface area contributed by atoms with Crippen LogP contribution in [0.15, 0.2) is 61.1 Å². The maximum atomic E-state index is 12.0. The van der Waals surface area contributed by atoms with Gasteiger partial charge in [0.2, 0.25) is 5.95 Å². The Morgan fingerprint density at radius 2 is 1.97 bits per heavy atom. The van der Waals surface area contributed by atoms with Crippen molar-refractivity contribution in [3.05, 3.63) is 66.6 Å². The van der Waals surface area contributed by atoms with E-state index >= 15 is 0 Å². The second kappa shape index (κ2) is 9.75. The van der Waals surface area contributed by atoms with Crippen molar-refractivity contribution in [2.45, 2.75) is 12.6 Å². The van der Waals surface area contributed by atoms with Crippen LogP contribution in [0.4, 0.5) is 16.4 Å². The van der Waals surface area contributed by atoms with Gasteiger partial charge in [-0.25, -0.2) is 19.7 Å².